The van der Waals surface area contributed by atoms with Crippen LogP contribution in [0.15, 0.2) is 23.1 Å². The van der Waals surface area contributed by atoms with E-state index < -0.39 is 10.8 Å². The first-order valence-electron chi connectivity index (χ1n) is 6.43. The van der Waals surface area contributed by atoms with Crippen LogP contribution in [-0.2, 0) is 4.79 Å². The minimum atomic E-state index is -0.730. The van der Waals surface area contributed by atoms with Crippen molar-refractivity contribution in [1.29, 1.82) is 0 Å². The van der Waals surface area contributed by atoms with E-state index in [9.17, 15) is 19.7 Å². The van der Waals surface area contributed by atoms with E-state index in [-0.39, 0.29) is 22.9 Å². The van der Waals surface area contributed by atoms with Crippen LogP contribution >= 0.6 is 11.8 Å². The molecular formula is C13H17N3O4S. The lowest BCUT2D eigenvalue weighted by Crippen LogP contribution is -2.26. The molecule has 8 heteroatoms. The van der Waals surface area contributed by atoms with Crippen molar-refractivity contribution in [3.63, 3.8) is 0 Å². The first kappa shape index (κ1) is 17.0. The average molecular weight is 311 g/mol. The van der Waals surface area contributed by atoms with Crippen molar-refractivity contribution >= 4 is 29.3 Å². The smallest absolute Gasteiger partial charge is 0.283 e. The van der Waals surface area contributed by atoms with E-state index in [1.807, 2.05) is 6.92 Å². The summed E-state index contributed by atoms with van der Waals surface area (Å²) in [6, 6.07) is 3.97. The predicted molar refractivity (Wildman–Crippen MR) is 80.3 cm³/mol. The number of amides is 2. The van der Waals surface area contributed by atoms with Gasteiger partial charge in [-0.15, -0.1) is 11.8 Å². The number of hydrogen-bond donors (Lipinski definition) is 2. The van der Waals surface area contributed by atoms with Crippen LogP contribution in [0.4, 0.5) is 5.69 Å². The predicted octanol–water partition coefficient (Wildman–Crippen LogP) is 1.70. The van der Waals surface area contributed by atoms with E-state index in [4.69, 9.17) is 5.73 Å². The van der Waals surface area contributed by atoms with Gasteiger partial charge < -0.3 is 11.1 Å². The van der Waals surface area contributed by atoms with Crippen molar-refractivity contribution in [1.82, 2.24) is 5.32 Å². The number of nitrogens with one attached hydrogen (secondary N) is 1. The SMILES string of the molecule is CCCCNC(=O)CSc1ccc(C(N)=O)cc1[N+](=O)[O-]. The molecule has 3 N–H and O–H groups in total. The number of benzene rings is 1. The zero-order valence-electron chi connectivity index (χ0n) is 11.6. The molecule has 0 aliphatic heterocycles. The molecule has 0 heterocycles. The molecule has 0 atom stereocenters. The van der Waals surface area contributed by atoms with Gasteiger partial charge in [-0.05, 0) is 18.6 Å². The number of primary amides is 1. The van der Waals surface area contributed by atoms with Crippen molar-refractivity contribution in [3.05, 3.63) is 33.9 Å². The highest BCUT2D eigenvalue weighted by Gasteiger charge is 2.17. The maximum absolute atomic E-state index is 11.6. The molecule has 0 radical (unpaired) electrons. The number of rotatable bonds is 8. The second-order valence-corrected chi connectivity index (χ2v) is 5.31. The number of unbranched alkanes of at least 4 members (excludes halogenated alkanes) is 1. The van der Waals surface area contributed by atoms with Gasteiger partial charge in [-0.1, -0.05) is 13.3 Å². The molecule has 1 aromatic rings. The van der Waals surface area contributed by atoms with E-state index in [1.54, 1.807) is 0 Å². The summed E-state index contributed by atoms with van der Waals surface area (Å²) in [5.41, 5.74) is 4.93. The molecule has 114 valence electrons. The number of hydrogen-bond acceptors (Lipinski definition) is 5. The van der Waals surface area contributed by atoms with Gasteiger partial charge in [-0.3, -0.25) is 19.7 Å². The zero-order valence-corrected chi connectivity index (χ0v) is 12.4. The van der Waals surface area contributed by atoms with Crippen LogP contribution in [0, 0.1) is 10.1 Å². The summed E-state index contributed by atoms with van der Waals surface area (Å²) in [7, 11) is 0. The Bertz CT molecular complexity index is 548. The topological polar surface area (TPSA) is 115 Å². The molecule has 0 aliphatic carbocycles. The second-order valence-electron chi connectivity index (χ2n) is 4.30. The molecule has 1 rings (SSSR count). The minimum absolute atomic E-state index is 0.0680. The Labute approximate surface area is 126 Å². The molecule has 0 saturated carbocycles. The quantitative estimate of drug-likeness (QED) is 0.328. The lowest BCUT2D eigenvalue weighted by atomic mass is 10.2. The molecule has 2 amide bonds. The van der Waals surface area contributed by atoms with Gasteiger partial charge in [-0.25, -0.2) is 0 Å². The van der Waals surface area contributed by atoms with Gasteiger partial charge in [0.15, 0.2) is 0 Å². The van der Waals surface area contributed by atoms with Crippen molar-refractivity contribution in [3.8, 4) is 0 Å². The number of nitro benzene ring substituents is 1. The molecule has 0 bridgehead atoms. The first-order valence-corrected chi connectivity index (χ1v) is 7.42. The maximum Gasteiger partial charge on any atom is 0.283 e. The van der Waals surface area contributed by atoms with E-state index in [0.29, 0.717) is 11.4 Å². The fraction of sp³-hybridized carbons (Fsp3) is 0.385. The summed E-state index contributed by atoms with van der Waals surface area (Å²) in [6.45, 7) is 2.61. The number of carbonyl (C=O) groups is 2. The van der Waals surface area contributed by atoms with Gasteiger partial charge >= 0.3 is 0 Å². The molecule has 0 spiro atoms. The standard InChI is InChI=1S/C13H17N3O4S/c1-2-3-6-15-12(17)8-21-11-5-4-9(13(14)18)7-10(11)16(19)20/h4-5,7H,2-3,6,8H2,1H3,(H2,14,18)(H,15,17). The van der Waals surface area contributed by atoms with Crippen molar-refractivity contribution in [2.24, 2.45) is 5.73 Å². The molecule has 21 heavy (non-hydrogen) atoms. The Morgan fingerprint density at radius 1 is 1.43 bits per heavy atom. The van der Waals surface area contributed by atoms with Crippen LogP contribution in [0.1, 0.15) is 30.1 Å². The lowest BCUT2D eigenvalue weighted by molar-refractivity contribution is -0.387. The van der Waals surface area contributed by atoms with Gasteiger partial charge in [0.1, 0.15) is 0 Å². The fourth-order valence-electron chi connectivity index (χ4n) is 1.53. The van der Waals surface area contributed by atoms with Crippen LogP contribution < -0.4 is 11.1 Å². The van der Waals surface area contributed by atoms with Crippen LogP contribution in [-0.4, -0.2) is 29.0 Å². The highest BCUT2D eigenvalue weighted by atomic mass is 32.2. The molecule has 0 aromatic heterocycles. The monoisotopic (exact) mass is 311 g/mol. The molecular weight excluding hydrogens is 294 g/mol. The second kappa shape index (κ2) is 8.25. The van der Waals surface area contributed by atoms with Gasteiger partial charge in [-0.2, -0.15) is 0 Å². The highest BCUT2D eigenvalue weighted by Crippen LogP contribution is 2.29. The number of nitrogens with two attached hydrogens (primary N) is 1. The van der Waals surface area contributed by atoms with Gasteiger partial charge in [0.05, 0.1) is 15.6 Å². The van der Waals surface area contributed by atoms with Crippen molar-refractivity contribution < 1.29 is 14.5 Å². The summed E-state index contributed by atoms with van der Waals surface area (Å²) >= 11 is 1.06. The van der Waals surface area contributed by atoms with Crippen LogP contribution in [0.25, 0.3) is 0 Å². The lowest BCUT2D eigenvalue weighted by Gasteiger charge is -2.05. The number of thioether (sulfide) groups is 1. The normalized spacial score (nSPS) is 10.1. The number of nitrogens with zero attached hydrogens (tertiary/aromatic N) is 1. The number of carbonyl (C=O) groups excluding carboxylic acids is 2. The molecule has 0 fully saturated rings. The molecule has 7 nitrogen and oxygen atoms in total. The van der Waals surface area contributed by atoms with E-state index in [1.165, 1.54) is 12.1 Å². The molecule has 0 unspecified atom stereocenters. The Balaban J connectivity index is 2.72. The number of nitro groups is 1. The Kier molecular flexibility index (Phi) is 6.67. The molecule has 1 aromatic carbocycles. The minimum Gasteiger partial charge on any atom is -0.366 e. The molecule has 0 saturated heterocycles. The third-order valence-corrected chi connectivity index (χ3v) is 3.71. The first-order chi connectivity index (χ1) is 9.95. The Morgan fingerprint density at radius 3 is 2.71 bits per heavy atom. The van der Waals surface area contributed by atoms with Crippen LogP contribution in [0.2, 0.25) is 0 Å². The summed E-state index contributed by atoms with van der Waals surface area (Å²) < 4.78 is 0. The average Bonchev–Trinajstić information content (AvgIpc) is 2.45. The third kappa shape index (κ3) is 5.42. The summed E-state index contributed by atoms with van der Waals surface area (Å²) in [5, 5.41) is 13.7. The summed E-state index contributed by atoms with van der Waals surface area (Å²) in [6.07, 6.45) is 1.87. The fourth-order valence-corrected chi connectivity index (χ4v) is 2.37. The maximum atomic E-state index is 11.6. The molecule has 0 aliphatic rings. The van der Waals surface area contributed by atoms with E-state index in [0.717, 1.165) is 30.7 Å². The Morgan fingerprint density at radius 2 is 2.14 bits per heavy atom. The van der Waals surface area contributed by atoms with E-state index >= 15 is 0 Å². The summed E-state index contributed by atoms with van der Waals surface area (Å²) in [4.78, 5) is 33.3. The van der Waals surface area contributed by atoms with Crippen molar-refractivity contribution in [2.75, 3.05) is 12.3 Å². The third-order valence-electron chi connectivity index (χ3n) is 2.65. The highest BCUT2D eigenvalue weighted by molar-refractivity contribution is 8.00. The largest absolute Gasteiger partial charge is 0.366 e. The zero-order chi connectivity index (χ0) is 15.8. The summed E-state index contributed by atoms with van der Waals surface area (Å²) in [5.74, 6) is -0.825. The van der Waals surface area contributed by atoms with Gasteiger partial charge in [0.2, 0.25) is 11.8 Å². The van der Waals surface area contributed by atoms with Gasteiger partial charge in [0.25, 0.3) is 5.69 Å². The Hall–Kier alpha value is -2.09. The van der Waals surface area contributed by atoms with Crippen LogP contribution in [0.5, 0.6) is 0 Å². The van der Waals surface area contributed by atoms with Crippen LogP contribution in [0.3, 0.4) is 0 Å². The van der Waals surface area contributed by atoms with E-state index in [2.05, 4.69) is 5.32 Å². The van der Waals surface area contributed by atoms with Crippen molar-refractivity contribution in [2.45, 2.75) is 24.7 Å². The van der Waals surface area contributed by atoms with Gasteiger partial charge in [0, 0.05) is 18.2 Å².